The van der Waals surface area contributed by atoms with E-state index < -0.39 is 17.7 Å². The van der Waals surface area contributed by atoms with Gasteiger partial charge in [-0.3, -0.25) is 9.59 Å². The van der Waals surface area contributed by atoms with E-state index in [1.165, 1.54) is 29.0 Å². The number of urea groups is 1. The Kier molecular flexibility index (Phi) is 8.05. The number of nitrogens with one attached hydrogen (secondary N) is 3. The molecule has 1 heterocycles. The maximum Gasteiger partial charge on any atom is 0.319 e. The molecule has 3 amide bonds. The number of carbonyl (C=O) groups excluding carboxylic acids is 2. The van der Waals surface area contributed by atoms with Crippen molar-refractivity contribution in [2.75, 3.05) is 17.2 Å². The van der Waals surface area contributed by atoms with E-state index in [1.807, 2.05) is 12.1 Å². The molecule has 194 valence electrons. The monoisotopic (exact) mass is 504 g/mol. The van der Waals surface area contributed by atoms with Crippen molar-refractivity contribution in [1.82, 2.24) is 9.88 Å². The number of amides is 3. The van der Waals surface area contributed by atoms with E-state index >= 15 is 0 Å². The molecule has 1 saturated carbocycles. The standard InChI is InChI=1S/C28H32N4O5/c1-3-21(34)14-29-28(37)31-25-13-20(15-32(2)27(25)36)22-5-4-6-24(23(22)16-33)30-26(35)19-11-9-18(10-12-19)17-7-8-17/h4-6,9-13,15,17,21,33-34H,3,7-8,14,16H2,1-2H3,(H,30,35)(H2,29,31,37). The van der Waals surface area contributed by atoms with Crippen LogP contribution < -0.4 is 21.5 Å². The van der Waals surface area contributed by atoms with Gasteiger partial charge < -0.3 is 30.7 Å². The third-order valence-corrected chi connectivity index (χ3v) is 6.52. The summed E-state index contributed by atoms with van der Waals surface area (Å²) in [6.45, 7) is 1.50. The van der Waals surface area contributed by atoms with Crippen molar-refractivity contribution in [1.29, 1.82) is 0 Å². The number of aliphatic hydroxyl groups excluding tert-OH is 2. The second kappa shape index (κ2) is 11.4. The first-order valence-corrected chi connectivity index (χ1v) is 12.4. The molecule has 9 heteroatoms. The zero-order chi connectivity index (χ0) is 26.5. The topological polar surface area (TPSA) is 133 Å². The quantitative estimate of drug-likeness (QED) is 0.304. The molecule has 1 atom stereocenters. The minimum atomic E-state index is -0.680. The van der Waals surface area contributed by atoms with Crippen LogP contribution in [0.4, 0.5) is 16.2 Å². The van der Waals surface area contributed by atoms with Crippen LogP contribution in [-0.2, 0) is 13.7 Å². The van der Waals surface area contributed by atoms with Crippen LogP contribution in [0.5, 0.6) is 0 Å². The Morgan fingerprint density at radius 1 is 1.08 bits per heavy atom. The number of aliphatic hydroxyl groups is 2. The fourth-order valence-electron chi connectivity index (χ4n) is 4.13. The number of benzene rings is 2. The van der Waals surface area contributed by atoms with Crippen molar-refractivity contribution in [2.45, 2.75) is 44.8 Å². The molecule has 0 radical (unpaired) electrons. The highest BCUT2D eigenvalue weighted by atomic mass is 16.3. The number of hydrogen-bond donors (Lipinski definition) is 5. The predicted molar refractivity (Wildman–Crippen MR) is 143 cm³/mol. The van der Waals surface area contributed by atoms with Gasteiger partial charge in [0.25, 0.3) is 11.5 Å². The third-order valence-electron chi connectivity index (χ3n) is 6.52. The lowest BCUT2D eigenvalue weighted by atomic mass is 9.99. The normalized spacial score (nSPS) is 13.6. The summed E-state index contributed by atoms with van der Waals surface area (Å²) in [7, 11) is 1.56. The number of carbonyl (C=O) groups is 2. The molecule has 2 aromatic carbocycles. The summed E-state index contributed by atoms with van der Waals surface area (Å²) in [5.41, 5.74) is 3.48. The highest BCUT2D eigenvalue weighted by molar-refractivity contribution is 6.05. The number of pyridine rings is 1. The van der Waals surface area contributed by atoms with Gasteiger partial charge in [0.05, 0.1) is 12.7 Å². The SMILES string of the molecule is CCC(O)CNC(=O)Nc1cc(-c2cccc(NC(=O)c3ccc(C4CC4)cc3)c2CO)cn(C)c1=O. The van der Waals surface area contributed by atoms with Crippen molar-refractivity contribution in [3.63, 3.8) is 0 Å². The van der Waals surface area contributed by atoms with Crippen molar-refractivity contribution in [3.05, 3.63) is 81.8 Å². The summed E-state index contributed by atoms with van der Waals surface area (Å²) < 4.78 is 1.33. The molecule has 0 aliphatic heterocycles. The lowest BCUT2D eigenvalue weighted by molar-refractivity contribution is 0.102. The Morgan fingerprint density at radius 3 is 2.46 bits per heavy atom. The Hall–Kier alpha value is -3.95. The molecule has 9 nitrogen and oxygen atoms in total. The van der Waals surface area contributed by atoms with Gasteiger partial charge >= 0.3 is 6.03 Å². The van der Waals surface area contributed by atoms with Crippen LogP contribution in [0.1, 0.15) is 53.6 Å². The molecule has 1 aromatic heterocycles. The Morgan fingerprint density at radius 2 is 1.81 bits per heavy atom. The van der Waals surface area contributed by atoms with Crippen LogP contribution in [0.15, 0.2) is 59.5 Å². The number of nitrogens with zero attached hydrogens (tertiary/aromatic N) is 1. The van der Waals surface area contributed by atoms with E-state index in [2.05, 4.69) is 16.0 Å². The summed E-state index contributed by atoms with van der Waals surface area (Å²) >= 11 is 0. The third kappa shape index (κ3) is 6.25. The Labute approximate surface area is 215 Å². The maximum atomic E-state index is 12.9. The second-order valence-corrected chi connectivity index (χ2v) is 9.30. The van der Waals surface area contributed by atoms with Crippen LogP contribution in [0.25, 0.3) is 11.1 Å². The summed E-state index contributed by atoms with van der Waals surface area (Å²) in [4.78, 5) is 37.8. The van der Waals surface area contributed by atoms with Gasteiger partial charge in [0.1, 0.15) is 5.69 Å². The Balaban J connectivity index is 1.58. The van der Waals surface area contributed by atoms with E-state index in [0.29, 0.717) is 40.3 Å². The van der Waals surface area contributed by atoms with Gasteiger partial charge in [-0.05, 0) is 60.6 Å². The zero-order valence-electron chi connectivity index (χ0n) is 21.0. The van der Waals surface area contributed by atoms with E-state index in [4.69, 9.17) is 0 Å². The molecule has 1 aliphatic carbocycles. The Bertz CT molecular complexity index is 1350. The summed E-state index contributed by atoms with van der Waals surface area (Å²) in [5, 5.41) is 27.8. The largest absolute Gasteiger partial charge is 0.392 e. The van der Waals surface area contributed by atoms with E-state index in [9.17, 15) is 24.6 Å². The summed E-state index contributed by atoms with van der Waals surface area (Å²) in [5.74, 6) is 0.313. The van der Waals surface area contributed by atoms with E-state index in [1.54, 1.807) is 50.5 Å². The van der Waals surface area contributed by atoms with Crippen LogP contribution in [0, 0.1) is 0 Å². The molecule has 4 rings (SSSR count). The van der Waals surface area contributed by atoms with Crippen molar-refractivity contribution < 1.29 is 19.8 Å². The molecule has 1 unspecified atom stereocenters. The van der Waals surface area contributed by atoms with Crippen LogP contribution in [-0.4, -0.2) is 39.4 Å². The average molecular weight is 505 g/mol. The highest BCUT2D eigenvalue weighted by Gasteiger charge is 2.23. The van der Waals surface area contributed by atoms with Gasteiger partial charge in [0, 0.05) is 42.2 Å². The lowest BCUT2D eigenvalue weighted by Gasteiger charge is -2.16. The van der Waals surface area contributed by atoms with Crippen molar-refractivity contribution >= 4 is 23.3 Å². The summed E-state index contributed by atoms with van der Waals surface area (Å²) in [6, 6.07) is 13.7. The minimum Gasteiger partial charge on any atom is -0.392 e. The first kappa shape index (κ1) is 26.1. The van der Waals surface area contributed by atoms with E-state index in [0.717, 1.165) is 0 Å². The zero-order valence-corrected chi connectivity index (χ0v) is 21.0. The first-order chi connectivity index (χ1) is 17.8. The molecule has 3 aromatic rings. The van der Waals surface area contributed by atoms with E-state index in [-0.39, 0.29) is 24.7 Å². The second-order valence-electron chi connectivity index (χ2n) is 9.30. The smallest absolute Gasteiger partial charge is 0.319 e. The molecular formula is C28H32N4O5. The molecule has 1 fully saturated rings. The lowest BCUT2D eigenvalue weighted by Crippen LogP contribution is -2.36. The molecule has 0 spiro atoms. The predicted octanol–water partition coefficient (Wildman–Crippen LogP) is 3.57. The molecule has 5 N–H and O–H groups in total. The average Bonchev–Trinajstić information content (AvgIpc) is 3.75. The van der Waals surface area contributed by atoms with Gasteiger partial charge in [0.2, 0.25) is 0 Å². The molecule has 0 bridgehead atoms. The van der Waals surface area contributed by atoms with Gasteiger partial charge in [0.15, 0.2) is 0 Å². The van der Waals surface area contributed by atoms with Crippen LogP contribution in [0.2, 0.25) is 0 Å². The first-order valence-electron chi connectivity index (χ1n) is 12.4. The molecule has 37 heavy (non-hydrogen) atoms. The van der Waals surface area contributed by atoms with Crippen molar-refractivity contribution in [3.8, 4) is 11.1 Å². The molecular weight excluding hydrogens is 472 g/mol. The number of aromatic nitrogens is 1. The van der Waals surface area contributed by atoms with Gasteiger partial charge in [-0.25, -0.2) is 4.79 Å². The number of hydrogen-bond acceptors (Lipinski definition) is 5. The minimum absolute atomic E-state index is 0.0394. The number of aryl methyl sites for hydroxylation is 1. The summed E-state index contributed by atoms with van der Waals surface area (Å²) in [6.07, 6.45) is 3.78. The van der Waals surface area contributed by atoms with Crippen LogP contribution >= 0.6 is 0 Å². The van der Waals surface area contributed by atoms with Crippen molar-refractivity contribution in [2.24, 2.45) is 7.05 Å². The van der Waals surface area contributed by atoms with Gasteiger partial charge in [-0.15, -0.1) is 0 Å². The number of rotatable bonds is 9. The maximum absolute atomic E-state index is 12.9. The van der Waals surface area contributed by atoms with Gasteiger partial charge in [-0.2, -0.15) is 0 Å². The fraction of sp³-hybridized carbons (Fsp3) is 0.321. The van der Waals surface area contributed by atoms with Crippen LogP contribution in [0.3, 0.4) is 0 Å². The van der Waals surface area contributed by atoms with Gasteiger partial charge in [-0.1, -0.05) is 31.2 Å². The number of anilines is 2. The fourth-order valence-corrected chi connectivity index (χ4v) is 4.13. The molecule has 0 saturated heterocycles. The highest BCUT2D eigenvalue weighted by Crippen LogP contribution is 2.40. The molecule has 1 aliphatic rings.